The summed E-state index contributed by atoms with van der Waals surface area (Å²) >= 11 is 5.93. The van der Waals surface area contributed by atoms with E-state index in [2.05, 4.69) is 10.5 Å². The molecular formula is C16H14ClN3O3. The standard InChI is InChI=1S/C16H14ClN3O3/c17-11-4-1-3-10(9-11)6-7-19-16(21)13-14(20-23-15(13)18)12-5-2-8-22-12/h1-5,8-9H,6-7,18H2,(H,19,21). The molecule has 0 aliphatic carbocycles. The van der Waals surface area contributed by atoms with Crippen molar-refractivity contribution in [3.8, 4) is 11.5 Å². The number of hydrogen-bond donors (Lipinski definition) is 2. The van der Waals surface area contributed by atoms with E-state index in [1.807, 2.05) is 18.2 Å². The monoisotopic (exact) mass is 331 g/mol. The van der Waals surface area contributed by atoms with Crippen molar-refractivity contribution in [3.63, 3.8) is 0 Å². The Labute approximate surface area is 137 Å². The molecule has 0 atom stereocenters. The lowest BCUT2D eigenvalue weighted by molar-refractivity contribution is 0.0955. The largest absolute Gasteiger partial charge is 0.463 e. The normalized spacial score (nSPS) is 10.7. The van der Waals surface area contributed by atoms with Crippen molar-refractivity contribution in [1.29, 1.82) is 0 Å². The molecule has 7 heteroatoms. The van der Waals surface area contributed by atoms with E-state index < -0.39 is 0 Å². The number of halogens is 1. The van der Waals surface area contributed by atoms with Gasteiger partial charge in [0.05, 0.1) is 6.26 Å². The van der Waals surface area contributed by atoms with Gasteiger partial charge in [-0.2, -0.15) is 0 Å². The second-order valence-corrected chi connectivity index (χ2v) is 5.32. The van der Waals surface area contributed by atoms with Crippen LogP contribution < -0.4 is 11.1 Å². The first-order valence-electron chi connectivity index (χ1n) is 6.97. The first-order chi connectivity index (χ1) is 11.1. The summed E-state index contributed by atoms with van der Waals surface area (Å²) in [7, 11) is 0. The van der Waals surface area contributed by atoms with Crippen molar-refractivity contribution in [2.24, 2.45) is 0 Å². The second kappa shape index (κ2) is 6.58. The minimum atomic E-state index is -0.364. The van der Waals surface area contributed by atoms with E-state index in [4.69, 9.17) is 26.3 Å². The van der Waals surface area contributed by atoms with Crippen LogP contribution in [0, 0.1) is 0 Å². The Morgan fingerprint density at radius 3 is 2.91 bits per heavy atom. The number of nitrogens with zero attached hydrogens (tertiary/aromatic N) is 1. The molecule has 3 rings (SSSR count). The van der Waals surface area contributed by atoms with Crippen LogP contribution >= 0.6 is 11.6 Å². The van der Waals surface area contributed by atoms with Crippen molar-refractivity contribution in [2.45, 2.75) is 6.42 Å². The predicted octanol–water partition coefficient (Wildman–Crippen LogP) is 3.14. The Hall–Kier alpha value is -2.73. The molecule has 0 unspecified atom stereocenters. The number of carbonyl (C=O) groups excluding carboxylic acids is 1. The third kappa shape index (κ3) is 3.37. The predicted molar refractivity (Wildman–Crippen MR) is 86.1 cm³/mol. The molecule has 2 heterocycles. The highest BCUT2D eigenvalue weighted by Crippen LogP contribution is 2.27. The number of nitrogen functional groups attached to an aromatic ring is 1. The number of furan rings is 1. The molecule has 0 fully saturated rings. The van der Waals surface area contributed by atoms with Gasteiger partial charge in [-0.1, -0.05) is 28.9 Å². The highest BCUT2D eigenvalue weighted by molar-refractivity contribution is 6.30. The lowest BCUT2D eigenvalue weighted by Crippen LogP contribution is -2.26. The summed E-state index contributed by atoms with van der Waals surface area (Å²) in [5, 5.41) is 7.24. The number of nitrogens with one attached hydrogen (secondary N) is 1. The van der Waals surface area contributed by atoms with E-state index >= 15 is 0 Å². The summed E-state index contributed by atoms with van der Waals surface area (Å²) < 4.78 is 10.1. The molecule has 118 valence electrons. The van der Waals surface area contributed by atoms with Gasteiger partial charge in [-0.05, 0) is 36.2 Å². The fourth-order valence-electron chi connectivity index (χ4n) is 2.20. The highest BCUT2D eigenvalue weighted by Gasteiger charge is 2.23. The molecule has 2 aromatic heterocycles. The van der Waals surface area contributed by atoms with Gasteiger partial charge < -0.3 is 20.0 Å². The Morgan fingerprint density at radius 2 is 2.17 bits per heavy atom. The molecule has 0 spiro atoms. The number of benzene rings is 1. The average Bonchev–Trinajstić information content (AvgIpc) is 3.16. The van der Waals surface area contributed by atoms with Crippen LogP contribution in [0.2, 0.25) is 5.02 Å². The molecule has 0 bridgehead atoms. The lowest BCUT2D eigenvalue weighted by atomic mass is 10.1. The van der Waals surface area contributed by atoms with E-state index in [-0.39, 0.29) is 23.0 Å². The van der Waals surface area contributed by atoms with Gasteiger partial charge in [0, 0.05) is 11.6 Å². The lowest BCUT2D eigenvalue weighted by Gasteiger charge is -2.05. The average molecular weight is 332 g/mol. The van der Waals surface area contributed by atoms with Crippen molar-refractivity contribution >= 4 is 23.4 Å². The maximum Gasteiger partial charge on any atom is 0.259 e. The van der Waals surface area contributed by atoms with E-state index in [9.17, 15) is 4.79 Å². The van der Waals surface area contributed by atoms with Gasteiger partial charge >= 0.3 is 0 Å². The van der Waals surface area contributed by atoms with Crippen LogP contribution in [0.1, 0.15) is 15.9 Å². The van der Waals surface area contributed by atoms with Crippen molar-refractivity contribution in [2.75, 3.05) is 12.3 Å². The molecule has 0 aliphatic rings. The summed E-state index contributed by atoms with van der Waals surface area (Å²) in [5.74, 6) is 0.0132. The summed E-state index contributed by atoms with van der Waals surface area (Å²) in [6.45, 7) is 0.432. The van der Waals surface area contributed by atoms with E-state index in [0.717, 1.165) is 5.56 Å². The Morgan fingerprint density at radius 1 is 1.30 bits per heavy atom. The maximum atomic E-state index is 12.3. The van der Waals surface area contributed by atoms with Crippen molar-refractivity contribution in [1.82, 2.24) is 10.5 Å². The zero-order chi connectivity index (χ0) is 16.2. The van der Waals surface area contributed by atoms with Gasteiger partial charge in [0.2, 0.25) is 5.88 Å². The van der Waals surface area contributed by atoms with Gasteiger partial charge in [0.1, 0.15) is 5.56 Å². The number of amides is 1. The number of carbonyl (C=O) groups is 1. The number of aromatic nitrogens is 1. The molecule has 1 aromatic carbocycles. The summed E-state index contributed by atoms with van der Waals surface area (Å²) in [5.41, 5.74) is 7.19. The van der Waals surface area contributed by atoms with E-state index in [0.29, 0.717) is 23.7 Å². The van der Waals surface area contributed by atoms with Crippen LogP contribution in [0.5, 0.6) is 0 Å². The minimum absolute atomic E-state index is 0.0448. The van der Waals surface area contributed by atoms with Gasteiger partial charge in [0.25, 0.3) is 5.91 Å². The second-order valence-electron chi connectivity index (χ2n) is 4.88. The zero-order valence-corrected chi connectivity index (χ0v) is 12.8. The number of anilines is 1. The fourth-order valence-corrected chi connectivity index (χ4v) is 2.42. The minimum Gasteiger partial charge on any atom is -0.463 e. The molecule has 1 amide bonds. The summed E-state index contributed by atoms with van der Waals surface area (Å²) in [4.78, 5) is 12.3. The quantitative estimate of drug-likeness (QED) is 0.749. The van der Waals surface area contributed by atoms with Gasteiger partial charge in [-0.3, -0.25) is 4.79 Å². The third-order valence-corrected chi connectivity index (χ3v) is 3.52. The molecule has 3 aromatic rings. The molecular weight excluding hydrogens is 318 g/mol. The molecule has 0 saturated carbocycles. The van der Waals surface area contributed by atoms with Crippen molar-refractivity contribution in [3.05, 3.63) is 58.8 Å². The Kier molecular flexibility index (Phi) is 4.34. The zero-order valence-electron chi connectivity index (χ0n) is 12.1. The Bertz CT molecular complexity index is 812. The number of nitrogens with two attached hydrogens (primary N) is 1. The van der Waals surface area contributed by atoms with Crippen LogP contribution in [-0.2, 0) is 6.42 Å². The topological polar surface area (TPSA) is 94.3 Å². The van der Waals surface area contributed by atoms with Crippen LogP contribution in [0.4, 0.5) is 5.88 Å². The maximum absolute atomic E-state index is 12.3. The first kappa shape index (κ1) is 15.2. The van der Waals surface area contributed by atoms with Gasteiger partial charge in [-0.15, -0.1) is 0 Å². The van der Waals surface area contributed by atoms with Crippen LogP contribution in [-0.4, -0.2) is 17.6 Å². The smallest absolute Gasteiger partial charge is 0.259 e. The molecule has 0 aliphatic heterocycles. The molecule has 0 saturated heterocycles. The molecule has 0 radical (unpaired) electrons. The van der Waals surface area contributed by atoms with Gasteiger partial charge in [-0.25, -0.2) is 0 Å². The summed E-state index contributed by atoms with van der Waals surface area (Å²) in [6, 6.07) is 10.8. The fraction of sp³-hybridized carbons (Fsp3) is 0.125. The Balaban J connectivity index is 1.68. The van der Waals surface area contributed by atoms with Crippen LogP contribution in [0.15, 0.2) is 51.6 Å². The van der Waals surface area contributed by atoms with Gasteiger partial charge in [0.15, 0.2) is 11.5 Å². The first-order valence-corrected chi connectivity index (χ1v) is 7.34. The highest BCUT2D eigenvalue weighted by atomic mass is 35.5. The van der Waals surface area contributed by atoms with E-state index in [1.165, 1.54) is 6.26 Å². The molecule has 6 nitrogen and oxygen atoms in total. The number of hydrogen-bond acceptors (Lipinski definition) is 5. The van der Waals surface area contributed by atoms with Crippen molar-refractivity contribution < 1.29 is 13.7 Å². The molecule has 23 heavy (non-hydrogen) atoms. The van der Waals surface area contributed by atoms with E-state index in [1.54, 1.807) is 18.2 Å². The number of rotatable bonds is 5. The van der Waals surface area contributed by atoms with Crippen LogP contribution in [0.25, 0.3) is 11.5 Å². The SMILES string of the molecule is Nc1onc(-c2ccco2)c1C(=O)NCCc1cccc(Cl)c1. The molecule has 3 N–H and O–H groups in total. The summed E-state index contributed by atoms with van der Waals surface area (Å²) in [6.07, 6.45) is 2.13. The van der Waals surface area contributed by atoms with Crippen LogP contribution in [0.3, 0.4) is 0 Å². The third-order valence-electron chi connectivity index (χ3n) is 3.29.